The Morgan fingerprint density at radius 3 is 2.54 bits per heavy atom. The van der Waals surface area contributed by atoms with Crippen LogP contribution in [0.25, 0.3) is 10.9 Å². The molecule has 1 aromatic heterocycles. The lowest BCUT2D eigenvalue weighted by molar-refractivity contribution is 0.0900. The first-order chi connectivity index (χ1) is 12.6. The van der Waals surface area contributed by atoms with Gasteiger partial charge in [0.25, 0.3) is 0 Å². The predicted molar refractivity (Wildman–Crippen MR) is 103 cm³/mol. The number of carbonyl (C=O) groups is 1. The summed E-state index contributed by atoms with van der Waals surface area (Å²) in [7, 11) is 5.94. The van der Waals surface area contributed by atoms with Crippen LogP contribution in [-0.2, 0) is 0 Å². The number of benzene rings is 2. The van der Waals surface area contributed by atoms with E-state index in [2.05, 4.69) is 9.88 Å². The fourth-order valence-corrected chi connectivity index (χ4v) is 3.66. The molecule has 5 heteroatoms. The lowest BCUT2D eigenvalue weighted by atomic mass is 9.88. The van der Waals surface area contributed by atoms with Crippen molar-refractivity contribution in [3.05, 3.63) is 66.1 Å². The van der Waals surface area contributed by atoms with Crippen LogP contribution in [0.3, 0.4) is 0 Å². The normalized spacial score (nSPS) is 15.3. The monoisotopic (exact) mass is 344 g/mol. The van der Waals surface area contributed by atoms with E-state index in [4.69, 9.17) is 7.85 Å². The molecule has 1 fully saturated rings. The lowest BCUT2D eigenvalue weighted by Gasteiger charge is -2.33. The molecule has 0 amide bonds. The van der Waals surface area contributed by atoms with E-state index in [9.17, 15) is 9.18 Å². The highest BCUT2D eigenvalue weighted by molar-refractivity contribution is 6.33. The van der Waals surface area contributed by atoms with Gasteiger partial charge in [0.2, 0.25) is 0 Å². The number of carbonyl (C=O) groups excluding carboxylic acids is 1. The second-order valence-electron chi connectivity index (χ2n) is 6.74. The van der Waals surface area contributed by atoms with Crippen LogP contribution in [0, 0.1) is 11.7 Å². The van der Waals surface area contributed by atoms with Gasteiger partial charge in [0.15, 0.2) is 5.78 Å². The Bertz CT molecular complexity index is 950. The molecule has 3 nitrogen and oxygen atoms in total. The Kier molecular flexibility index (Phi) is 4.45. The third kappa shape index (κ3) is 3.21. The molecule has 0 aliphatic carbocycles. The number of piperidine rings is 1. The first-order valence-electron chi connectivity index (χ1n) is 8.81. The van der Waals surface area contributed by atoms with Gasteiger partial charge in [0.05, 0.1) is 5.52 Å². The molecular weight excluding hydrogens is 326 g/mol. The second kappa shape index (κ2) is 6.91. The number of hydrogen-bond donors (Lipinski definition) is 0. The highest BCUT2D eigenvalue weighted by Crippen LogP contribution is 2.30. The minimum atomic E-state index is -0.319. The SMILES string of the molecule is [B]c1ccc2nccc(N3CCC(C(=O)c4ccc(F)cc4)CC3)c2c1. The maximum Gasteiger partial charge on any atom is 0.166 e. The zero-order chi connectivity index (χ0) is 18.1. The van der Waals surface area contributed by atoms with Gasteiger partial charge in [-0.2, -0.15) is 0 Å². The van der Waals surface area contributed by atoms with Gasteiger partial charge >= 0.3 is 0 Å². The zero-order valence-corrected chi connectivity index (χ0v) is 14.4. The van der Waals surface area contributed by atoms with Gasteiger partial charge in [-0.05, 0) is 49.2 Å². The molecule has 0 spiro atoms. The van der Waals surface area contributed by atoms with Crippen LogP contribution < -0.4 is 10.4 Å². The number of rotatable bonds is 3. The molecular formula is C21H18BFN2O. The Morgan fingerprint density at radius 2 is 1.81 bits per heavy atom. The van der Waals surface area contributed by atoms with Crippen molar-refractivity contribution in [2.24, 2.45) is 5.92 Å². The third-order valence-corrected chi connectivity index (χ3v) is 5.08. The number of aromatic nitrogens is 1. The maximum atomic E-state index is 13.1. The van der Waals surface area contributed by atoms with Crippen LogP contribution in [0.1, 0.15) is 23.2 Å². The number of ketones is 1. The van der Waals surface area contributed by atoms with Crippen molar-refractivity contribution in [1.82, 2.24) is 4.98 Å². The first kappa shape index (κ1) is 16.8. The van der Waals surface area contributed by atoms with Crippen molar-refractivity contribution < 1.29 is 9.18 Å². The summed E-state index contributed by atoms with van der Waals surface area (Å²) < 4.78 is 13.1. The third-order valence-electron chi connectivity index (χ3n) is 5.08. The van der Waals surface area contributed by atoms with Crippen molar-refractivity contribution in [3.63, 3.8) is 0 Å². The van der Waals surface area contributed by atoms with Crippen LogP contribution in [0.5, 0.6) is 0 Å². The minimum absolute atomic E-state index is 0.0186. The number of pyridine rings is 1. The Morgan fingerprint density at radius 1 is 1.08 bits per heavy atom. The lowest BCUT2D eigenvalue weighted by Crippen LogP contribution is -2.36. The highest BCUT2D eigenvalue weighted by Gasteiger charge is 2.26. The van der Waals surface area contributed by atoms with Crippen molar-refractivity contribution in [2.75, 3.05) is 18.0 Å². The number of anilines is 1. The van der Waals surface area contributed by atoms with Gasteiger partial charge in [-0.15, -0.1) is 0 Å². The van der Waals surface area contributed by atoms with Gasteiger partial charge in [-0.3, -0.25) is 9.78 Å². The fourth-order valence-electron chi connectivity index (χ4n) is 3.66. The van der Waals surface area contributed by atoms with Gasteiger partial charge in [-0.25, -0.2) is 4.39 Å². The van der Waals surface area contributed by atoms with Crippen LogP contribution in [0.2, 0.25) is 0 Å². The van der Waals surface area contributed by atoms with Crippen LogP contribution in [0.4, 0.5) is 10.1 Å². The van der Waals surface area contributed by atoms with Crippen molar-refractivity contribution in [3.8, 4) is 0 Å². The summed E-state index contributed by atoms with van der Waals surface area (Å²) in [6, 6.07) is 13.6. The maximum absolute atomic E-state index is 13.1. The molecule has 0 unspecified atom stereocenters. The van der Waals surface area contributed by atoms with Crippen molar-refractivity contribution in [2.45, 2.75) is 12.8 Å². The van der Waals surface area contributed by atoms with Crippen LogP contribution in [-0.4, -0.2) is 31.7 Å². The summed E-state index contributed by atoms with van der Waals surface area (Å²) in [5.74, 6) is -0.233. The molecule has 2 radical (unpaired) electrons. The standard InChI is InChI=1S/C21H18BFN2O/c22-16-3-6-19-18(13-16)20(7-10-24-19)25-11-8-15(9-12-25)21(26)14-1-4-17(23)5-2-14/h1-7,10,13,15H,8-9,11-12H2. The summed E-state index contributed by atoms with van der Waals surface area (Å²) in [4.78, 5) is 19.3. The van der Waals surface area contributed by atoms with Gasteiger partial charge in [-0.1, -0.05) is 17.6 Å². The zero-order valence-electron chi connectivity index (χ0n) is 14.4. The van der Waals surface area contributed by atoms with E-state index in [-0.39, 0.29) is 17.5 Å². The average Bonchev–Trinajstić information content (AvgIpc) is 2.68. The quantitative estimate of drug-likeness (QED) is 0.540. The highest BCUT2D eigenvalue weighted by atomic mass is 19.1. The topological polar surface area (TPSA) is 33.2 Å². The average molecular weight is 344 g/mol. The molecule has 0 saturated carbocycles. The van der Waals surface area contributed by atoms with Gasteiger partial charge in [0.1, 0.15) is 13.7 Å². The Hall–Kier alpha value is -2.69. The van der Waals surface area contributed by atoms with Gasteiger partial charge < -0.3 is 4.90 Å². The van der Waals surface area contributed by atoms with E-state index in [0.717, 1.165) is 42.5 Å². The predicted octanol–water partition coefficient (Wildman–Crippen LogP) is 3.27. The molecule has 1 aliphatic heterocycles. The molecule has 0 bridgehead atoms. The molecule has 0 N–H and O–H groups in total. The van der Waals surface area contributed by atoms with E-state index < -0.39 is 0 Å². The molecule has 128 valence electrons. The Balaban J connectivity index is 1.51. The number of halogens is 1. The number of hydrogen-bond acceptors (Lipinski definition) is 3. The Labute approximate surface area is 153 Å². The molecule has 0 atom stereocenters. The smallest absolute Gasteiger partial charge is 0.166 e. The van der Waals surface area contributed by atoms with E-state index in [1.54, 1.807) is 12.1 Å². The van der Waals surface area contributed by atoms with Crippen molar-refractivity contribution >= 4 is 35.7 Å². The molecule has 1 aliphatic rings. The van der Waals surface area contributed by atoms with Crippen LogP contribution >= 0.6 is 0 Å². The van der Waals surface area contributed by atoms with Crippen molar-refractivity contribution in [1.29, 1.82) is 0 Å². The summed E-state index contributed by atoms with van der Waals surface area (Å²) in [6.45, 7) is 1.59. The van der Waals surface area contributed by atoms with E-state index >= 15 is 0 Å². The largest absolute Gasteiger partial charge is 0.371 e. The number of nitrogens with zero attached hydrogens (tertiary/aromatic N) is 2. The number of fused-ring (bicyclic) bond motifs is 1. The van der Waals surface area contributed by atoms with E-state index in [0.29, 0.717) is 11.0 Å². The molecule has 1 saturated heterocycles. The summed E-state index contributed by atoms with van der Waals surface area (Å²) >= 11 is 0. The number of Topliss-reactive ketones (excluding diaryl/α,β-unsaturated/α-hetero) is 1. The first-order valence-corrected chi connectivity index (χ1v) is 8.81. The summed E-state index contributed by atoms with van der Waals surface area (Å²) in [5.41, 5.74) is 3.33. The van der Waals surface area contributed by atoms with Gasteiger partial charge in [0, 0.05) is 41.8 Å². The van der Waals surface area contributed by atoms with E-state index in [1.165, 1.54) is 12.1 Å². The molecule has 2 heterocycles. The minimum Gasteiger partial charge on any atom is -0.371 e. The summed E-state index contributed by atoms with van der Waals surface area (Å²) in [6.07, 6.45) is 3.37. The van der Waals surface area contributed by atoms with E-state index in [1.807, 2.05) is 30.5 Å². The molecule has 3 aromatic rings. The molecule has 2 aromatic carbocycles. The fraction of sp³-hybridized carbons (Fsp3) is 0.238. The second-order valence-corrected chi connectivity index (χ2v) is 6.74. The molecule has 26 heavy (non-hydrogen) atoms. The molecule has 4 rings (SSSR count). The summed E-state index contributed by atoms with van der Waals surface area (Å²) in [5, 5.41) is 1.04. The van der Waals surface area contributed by atoms with Crippen LogP contribution in [0.15, 0.2) is 54.7 Å².